The summed E-state index contributed by atoms with van der Waals surface area (Å²) in [6, 6.07) is 6.24. The van der Waals surface area contributed by atoms with E-state index in [0.717, 1.165) is 0 Å². The highest BCUT2D eigenvalue weighted by Crippen LogP contribution is 2.29. The number of halogens is 3. The van der Waals surface area contributed by atoms with Crippen LogP contribution in [0.2, 0.25) is 0 Å². The molecule has 1 N–H and O–H groups in total. The third-order valence-electron chi connectivity index (χ3n) is 2.99. The average molecular weight is 329 g/mol. The van der Waals surface area contributed by atoms with Crippen LogP contribution in [0.25, 0.3) is 11.4 Å². The standard InChI is InChI=1S/C14H14F3N3O3/c1-3-10(21)18-12(22-2)9-6-4-8(5-7-9)11-19-13(23-20-11)14(15,16)17/h4-7,12H,3H2,1-2H3,(H,18,21). The number of carbonyl (C=O) groups excluding carboxylic acids is 1. The molecule has 23 heavy (non-hydrogen) atoms. The van der Waals surface area contributed by atoms with E-state index in [9.17, 15) is 18.0 Å². The van der Waals surface area contributed by atoms with E-state index in [1.54, 1.807) is 19.1 Å². The van der Waals surface area contributed by atoms with E-state index >= 15 is 0 Å². The molecule has 1 unspecified atom stereocenters. The van der Waals surface area contributed by atoms with Crippen molar-refractivity contribution in [1.82, 2.24) is 15.5 Å². The summed E-state index contributed by atoms with van der Waals surface area (Å²) < 4.78 is 46.7. The summed E-state index contributed by atoms with van der Waals surface area (Å²) in [7, 11) is 1.43. The highest BCUT2D eigenvalue weighted by Gasteiger charge is 2.38. The van der Waals surface area contributed by atoms with Crippen LogP contribution in [0.4, 0.5) is 13.2 Å². The molecule has 0 saturated heterocycles. The molecule has 0 saturated carbocycles. The topological polar surface area (TPSA) is 77.2 Å². The predicted molar refractivity (Wildman–Crippen MR) is 72.9 cm³/mol. The molecular formula is C14H14F3N3O3. The van der Waals surface area contributed by atoms with E-state index in [0.29, 0.717) is 17.5 Å². The van der Waals surface area contributed by atoms with Crippen LogP contribution >= 0.6 is 0 Å². The second-order valence-corrected chi connectivity index (χ2v) is 4.58. The number of amides is 1. The van der Waals surface area contributed by atoms with E-state index in [1.165, 1.54) is 19.2 Å². The Morgan fingerprint density at radius 2 is 2.00 bits per heavy atom. The zero-order chi connectivity index (χ0) is 17.0. The second-order valence-electron chi connectivity index (χ2n) is 4.58. The van der Waals surface area contributed by atoms with E-state index in [1.807, 2.05) is 0 Å². The maximum Gasteiger partial charge on any atom is 0.471 e. The van der Waals surface area contributed by atoms with Gasteiger partial charge in [-0.15, -0.1) is 0 Å². The molecule has 0 aliphatic rings. The van der Waals surface area contributed by atoms with Gasteiger partial charge in [0, 0.05) is 24.7 Å². The lowest BCUT2D eigenvalue weighted by Crippen LogP contribution is -2.28. The van der Waals surface area contributed by atoms with Gasteiger partial charge in [-0.1, -0.05) is 36.3 Å². The number of methoxy groups -OCH3 is 1. The van der Waals surface area contributed by atoms with Crippen molar-refractivity contribution in [2.45, 2.75) is 25.7 Å². The first-order valence-electron chi connectivity index (χ1n) is 6.68. The molecule has 1 amide bonds. The number of hydrogen-bond acceptors (Lipinski definition) is 5. The molecule has 9 heteroatoms. The number of nitrogens with one attached hydrogen (secondary N) is 1. The Morgan fingerprint density at radius 3 is 2.48 bits per heavy atom. The summed E-state index contributed by atoms with van der Waals surface area (Å²) >= 11 is 0. The maximum atomic E-state index is 12.4. The number of hydrogen-bond donors (Lipinski definition) is 1. The molecule has 1 aromatic heterocycles. The fourth-order valence-electron chi connectivity index (χ4n) is 1.79. The fourth-order valence-corrected chi connectivity index (χ4v) is 1.79. The molecule has 0 radical (unpaired) electrons. The Balaban J connectivity index is 2.18. The number of rotatable bonds is 5. The highest BCUT2D eigenvalue weighted by atomic mass is 19.4. The van der Waals surface area contributed by atoms with Crippen molar-refractivity contribution in [2.75, 3.05) is 7.11 Å². The van der Waals surface area contributed by atoms with E-state index in [-0.39, 0.29) is 11.7 Å². The number of carbonyl (C=O) groups is 1. The van der Waals surface area contributed by atoms with Crippen molar-refractivity contribution in [3.8, 4) is 11.4 Å². The largest absolute Gasteiger partial charge is 0.471 e. The van der Waals surface area contributed by atoms with E-state index < -0.39 is 18.3 Å². The minimum atomic E-state index is -4.68. The average Bonchev–Trinajstić information content (AvgIpc) is 3.02. The van der Waals surface area contributed by atoms with Gasteiger partial charge in [-0.05, 0) is 0 Å². The lowest BCUT2D eigenvalue weighted by atomic mass is 10.1. The Hall–Kier alpha value is -2.42. The quantitative estimate of drug-likeness (QED) is 0.854. The number of ether oxygens (including phenoxy) is 1. The van der Waals surface area contributed by atoms with Crippen LogP contribution in [0.5, 0.6) is 0 Å². The molecule has 124 valence electrons. The smallest absolute Gasteiger partial charge is 0.357 e. The molecule has 2 rings (SSSR count). The van der Waals surface area contributed by atoms with Crippen molar-refractivity contribution in [3.05, 3.63) is 35.7 Å². The molecule has 2 aromatic rings. The first kappa shape index (κ1) is 16.9. The number of nitrogens with zero attached hydrogens (tertiary/aromatic N) is 2. The van der Waals surface area contributed by atoms with Crippen LogP contribution < -0.4 is 5.32 Å². The van der Waals surface area contributed by atoms with Crippen LogP contribution in [0.15, 0.2) is 28.8 Å². The van der Waals surface area contributed by atoms with Gasteiger partial charge in [-0.2, -0.15) is 18.2 Å². The molecule has 0 aliphatic carbocycles. The first-order chi connectivity index (χ1) is 10.8. The van der Waals surface area contributed by atoms with E-state index in [4.69, 9.17) is 4.74 Å². The molecular weight excluding hydrogens is 315 g/mol. The van der Waals surface area contributed by atoms with Crippen molar-refractivity contribution >= 4 is 5.91 Å². The first-order valence-corrected chi connectivity index (χ1v) is 6.68. The molecule has 1 atom stereocenters. The van der Waals surface area contributed by atoms with Crippen LogP contribution in [-0.4, -0.2) is 23.2 Å². The molecule has 6 nitrogen and oxygen atoms in total. The summed E-state index contributed by atoms with van der Waals surface area (Å²) in [5, 5.41) is 5.96. The normalized spacial score (nSPS) is 12.9. The van der Waals surface area contributed by atoms with Gasteiger partial charge in [-0.3, -0.25) is 4.79 Å². The van der Waals surface area contributed by atoms with Crippen molar-refractivity contribution < 1.29 is 27.2 Å². The monoisotopic (exact) mass is 329 g/mol. The third-order valence-corrected chi connectivity index (χ3v) is 2.99. The lowest BCUT2D eigenvalue weighted by Gasteiger charge is -2.17. The van der Waals surface area contributed by atoms with Crippen LogP contribution in [-0.2, 0) is 15.7 Å². The minimum Gasteiger partial charge on any atom is -0.357 e. The molecule has 0 spiro atoms. The number of alkyl halides is 3. The zero-order valence-corrected chi connectivity index (χ0v) is 12.3. The number of benzene rings is 1. The van der Waals surface area contributed by atoms with Crippen LogP contribution in [0.1, 0.15) is 31.0 Å². The second kappa shape index (κ2) is 6.78. The fraction of sp³-hybridized carbons (Fsp3) is 0.357. The molecule has 1 heterocycles. The van der Waals surface area contributed by atoms with Gasteiger partial charge in [0.25, 0.3) is 0 Å². The highest BCUT2D eigenvalue weighted by molar-refractivity contribution is 5.75. The van der Waals surface area contributed by atoms with Crippen molar-refractivity contribution in [1.29, 1.82) is 0 Å². The third kappa shape index (κ3) is 4.07. The Bertz CT molecular complexity index is 668. The van der Waals surface area contributed by atoms with E-state index in [2.05, 4.69) is 20.0 Å². The van der Waals surface area contributed by atoms with Gasteiger partial charge in [0.1, 0.15) is 0 Å². The predicted octanol–water partition coefficient (Wildman–Crippen LogP) is 2.93. The summed E-state index contributed by atoms with van der Waals surface area (Å²) in [4.78, 5) is 14.7. The molecule has 1 aromatic carbocycles. The summed E-state index contributed by atoms with van der Waals surface area (Å²) in [5.41, 5.74) is 0.988. The zero-order valence-electron chi connectivity index (χ0n) is 12.3. The summed E-state index contributed by atoms with van der Waals surface area (Å²) in [6.45, 7) is 1.71. The summed E-state index contributed by atoms with van der Waals surface area (Å²) in [5.74, 6) is -1.76. The Morgan fingerprint density at radius 1 is 1.35 bits per heavy atom. The number of aromatic nitrogens is 2. The van der Waals surface area contributed by atoms with Gasteiger partial charge < -0.3 is 14.6 Å². The molecule has 0 bridgehead atoms. The van der Waals surface area contributed by atoms with Crippen molar-refractivity contribution in [2.24, 2.45) is 0 Å². The minimum absolute atomic E-state index is 0.171. The van der Waals surface area contributed by atoms with Crippen LogP contribution in [0, 0.1) is 0 Å². The van der Waals surface area contributed by atoms with Gasteiger partial charge >= 0.3 is 12.1 Å². The van der Waals surface area contributed by atoms with Gasteiger partial charge in [0.05, 0.1) is 0 Å². The Labute approximate surface area is 129 Å². The van der Waals surface area contributed by atoms with Gasteiger partial charge in [-0.25, -0.2) is 0 Å². The SMILES string of the molecule is CCC(=O)NC(OC)c1ccc(-c2noc(C(F)(F)F)n2)cc1. The van der Waals surface area contributed by atoms with Crippen molar-refractivity contribution in [3.63, 3.8) is 0 Å². The van der Waals surface area contributed by atoms with Crippen LogP contribution in [0.3, 0.4) is 0 Å². The maximum absolute atomic E-state index is 12.4. The Kier molecular flexibility index (Phi) is 4.99. The van der Waals surface area contributed by atoms with Gasteiger partial charge in [0.2, 0.25) is 11.7 Å². The molecule has 0 fully saturated rings. The summed E-state index contributed by atoms with van der Waals surface area (Å²) in [6.07, 6.45) is -5.02. The van der Waals surface area contributed by atoms with Gasteiger partial charge in [0.15, 0.2) is 6.23 Å². The lowest BCUT2D eigenvalue weighted by molar-refractivity contribution is -0.159. The molecule has 0 aliphatic heterocycles.